The third kappa shape index (κ3) is 1.67. The Morgan fingerprint density at radius 2 is 2.18 bits per heavy atom. The molecule has 0 aliphatic carbocycles. The monoisotopic (exact) mass is 148 g/mol. The zero-order valence-corrected chi connectivity index (χ0v) is 6.10. The Hall–Kier alpha value is -1.12. The van der Waals surface area contributed by atoms with Crippen molar-refractivity contribution in [2.75, 3.05) is 0 Å². The second-order valence-electron chi connectivity index (χ2n) is 2.29. The number of hydrogen-bond donors (Lipinski definition) is 0. The van der Waals surface area contributed by atoms with Gasteiger partial charge in [-0.1, -0.05) is 11.5 Å². The molecule has 0 spiro atoms. The second-order valence-corrected chi connectivity index (χ2v) is 2.29. The first kappa shape index (κ1) is 7.99. The highest BCUT2D eigenvalue weighted by atomic mass is 19.1. The zero-order chi connectivity index (χ0) is 8.43. The van der Waals surface area contributed by atoms with Crippen LogP contribution >= 0.6 is 0 Å². The Morgan fingerprint density at radius 1 is 1.55 bits per heavy atom. The van der Waals surface area contributed by atoms with Crippen molar-refractivity contribution in [1.82, 2.24) is 0 Å². The van der Waals surface area contributed by atoms with Crippen molar-refractivity contribution < 1.29 is 9.18 Å². The molecule has 0 unspecified atom stereocenters. The maximum absolute atomic E-state index is 12.5. The summed E-state index contributed by atoms with van der Waals surface area (Å²) in [5.41, 5.74) is 0.559. The van der Waals surface area contributed by atoms with Crippen LogP contribution < -0.4 is 5.46 Å². The van der Waals surface area contributed by atoms with Crippen molar-refractivity contribution >= 4 is 19.1 Å². The van der Waals surface area contributed by atoms with Crippen molar-refractivity contribution in [3.05, 3.63) is 29.6 Å². The molecule has 0 saturated carbocycles. The van der Waals surface area contributed by atoms with Crippen LogP contribution in [0.25, 0.3) is 0 Å². The molecular formula is C8H6BFO. The summed E-state index contributed by atoms with van der Waals surface area (Å²) in [5.74, 6) is -0.661. The first-order valence-electron chi connectivity index (χ1n) is 3.17. The molecule has 0 fully saturated rings. The van der Waals surface area contributed by atoms with Gasteiger partial charge in [0.15, 0.2) is 5.78 Å². The summed E-state index contributed by atoms with van der Waals surface area (Å²) in [6, 6.07) is 3.74. The van der Waals surface area contributed by atoms with Crippen LogP contribution in [0.2, 0.25) is 0 Å². The van der Waals surface area contributed by atoms with E-state index in [1.165, 1.54) is 19.1 Å². The van der Waals surface area contributed by atoms with Crippen molar-refractivity contribution in [2.45, 2.75) is 6.92 Å². The van der Waals surface area contributed by atoms with E-state index in [2.05, 4.69) is 0 Å². The quantitative estimate of drug-likeness (QED) is 0.425. The summed E-state index contributed by atoms with van der Waals surface area (Å²) in [5, 5.41) is 0. The minimum Gasteiger partial charge on any atom is -0.295 e. The molecule has 0 aliphatic rings. The van der Waals surface area contributed by atoms with E-state index >= 15 is 0 Å². The molecule has 0 heterocycles. The molecule has 0 saturated heterocycles. The number of rotatable bonds is 1. The summed E-state index contributed by atoms with van der Waals surface area (Å²) in [6.45, 7) is 1.35. The summed E-state index contributed by atoms with van der Waals surface area (Å²) in [6.07, 6.45) is 0. The van der Waals surface area contributed by atoms with Crippen LogP contribution in [0.4, 0.5) is 4.39 Å². The third-order valence-electron chi connectivity index (χ3n) is 1.39. The summed E-state index contributed by atoms with van der Waals surface area (Å²) in [7, 11) is 5.40. The van der Waals surface area contributed by atoms with Crippen molar-refractivity contribution in [3.8, 4) is 0 Å². The third-order valence-corrected chi connectivity index (χ3v) is 1.39. The van der Waals surface area contributed by atoms with E-state index < -0.39 is 5.82 Å². The van der Waals surface area contributed by atoms with E-state index in [1.54, 1.807) is 0 Å². The normalized spacial score (nSPS) is 9.64. The summed E-state index contributed by atoms with van der Waals surface area (Å²) >= 11 is 0. The van der Waals surface area contributed by atoms with Crippen LogP contribution in [-0.4, -0.2) is 13.6 Å². The van der Waals surface area contributed by atoms with E-state index in [0.717, 1.165) is 6.07 Å². The highest BCUT2D eigenvalue weighted by Crippen LogP contribution is 2.00. The van der Waals surface area contributed by atoms with Gasteiger partial charge in [0.1, 0.15) is 13.7 Å². The van der Waals surface area contributed by atoms with Gasteiger partial charge in [0.25, 0.3) is 0 Å². The van der Waals surface area contributed by atoms with E-state index in [-0.39, 0.29) is 11.3 Å². The van der Waals surface area contributed by atoms with Crippen molar-refractivity contribution in [1.29, 1.82) is 0 Å². The molecule has 0 aromatic heterocycles. The van der Waals surface area contributed by atoms with Gasteiger partial charge in [0.05, 0.1) is 0 Å². The predicted octanol–water partition coefficient (Wildman–Crippen LogP) is 0.822. The lowest BCUT2D eigenvalue weighted by atomic mass is 9.89. The van der Waals surface area contributed by atoms with Gasteiger partial charge in [0.2, 0.25) is 0 Å². The average Bonchev–Trinajstić information content (AvgIpc) is 1.94. The second kappa shape index (κ2) is 2.87. The van der Waals surface area contributed by atoms with Crippen LogP contribution in [0.1, 0.15) is 17.3 Å². The van der Waals surface area contributed by atoms with Gasteiger partial charge in [-0.15, -0.1) is 0 Å². The SMILES string of the molecule is [B]c1ccc(F)cc1C(C)=O. The largest absolute Gasteiger partial charge is 0.295 e. The van der Waals surface area contributed by atoms with Crippen molar-refractivity contribution in [3.63, 3.8) is 0 Å². The van der Waals surface area contributed by atoms with E-state index in [9.17, 15) is 9.18 Å². The topological polar surface area (TPSA) is 17.1 Å². The molecule has 1 aromatic carbocycles. The number of carbonyl (C=O) groups excluding carboxylic acids is 1. The van der Waals surface area contributed by atoms with Crippen LogP contribution in [-0.2, 0) is 0 Å². The molecule has 3 heteroatoms. The smallest absolute Gasteiger partial charge is 0.159 e. The van der Waals surface area contributed by atoms with Crippen LogP contribution in [0.5, 0.6) is 0 Å². The predicted molar refractivity (Wildman–Crippen MR) is 41.8 cm³/mol. The molecule has 11 heavy (non-hydrogen) atoms. The molecule has 1 aromatic rings. The number of hydrogen-bond acceptors (Lipinski definition) is 1. The van der Waals surface area contributed by atoms with Crippen LogP contribution in [0.3, 0.4) is 0 Å². The minimum atomic E-state index is -0.440. The molecule has 0 bridgehead atoms. The Labute approximate surface area is 65.6 Å². The molecular weight excluding hydrogens is 142 g/mol. The molecule has 1 rings (SSSR count). The van der Waals surface area contributed by atoms with E-state index in [1.807, 2.05) is 0 Å². The maximum Gasteiger partial charge on any atom is 0.159 e. The standard InChI is InChI=1S/C8H6BFO/c1-5(11)7-4-6(10)2-3-8(7)9/h2-4H,1H3. The molecule has 0 atom stereocenters. The average molecular weight is 148 g/mol. The van der Waals surface area contributed by atoms with Gasteiger partial charge in [-0.3, -0.25) is 4.79 Å². The molecule has 2 radical (unpaired) electrons. The Morgan fingerprint density at radius 3 is 2.64 bits per heavy atom. The number of halogens is 1. The lowest BCUT2D eigenvalue weighted by Crippen LogP contribution is -2.13. The number of ketones is 1. The van der Waals surface area contributed by atoms with Gasteiger partial charge in [-0.2, -0.15) is 0 Å². The zero-order valence-electron chi connectivity index (χ0n) is 6.10. The fourth-order valence-corrected chi connectivity index (χ4v) is 0.833. The first-order chi connectivity index (χ1) is 5.11. The first-order valence-corrected chi connectivity index (χ1v) is 3.17. The molecule has 54 valence electrons. The summed E-state index contributed by atoms with van der Waals surface area (Å²) in [4.78, 5) is 10.8. The van der Waals surface area contributed by atoms with Gasteiger partial charge < -0.3 is 0 Å². The Bertz CT molecular complexity index is 296. The molecule has 0 N–H and O–H groups in total. The number of Topliss-reactive ketones (excluding diaryl/α,β-unsaturated/α-hetero) is 1. The van der Waals surface area contributed by atoms with Gasteiger partial charge in [-0.25, -0.2) is 4.39 Å². The fourth-order valence-electron chi connectivity index (χ4n) is 0.833. The Kier molecular flexibility index (Phi) is 2.08. The lowest BCUT2D eigenvalue weighted by molar-refractivity contribution is 0.101. The maximum atomic E-state index is 12.5. The van der Waals surface area contributed by atoms with E-state index in [4.69, 9.17) is 7.85 Å². The van der Waals surface area contributed by atoms with Crippen LogP contribution in [0.15, 0.2) is 18.2 Å². The highest BCUT2D eigenvalue weighted by Gasteiger charge is 2.03. The molecule has 0 amide bonds. The van der Waals surface area contributed by atoms with Gasteiger partial charge >= 0.3 is 0 Å². The van der Waals surface area contributed by atoms with Crippen LogP contribution in [0, 0.1) is 5.82 Å². The molecule has 0 aliphatic heterocycles. The Balaban J connectivity index is 3.23. The van der Waals surface area contributed by atoms with E-state index in [0.29, 0.717) is 5.46 Å². The lowest BCUT2D eigenvalue weighted by Gasteiger charge is -2.00. The fraction of sp³-hybridized carbons (Fsp3) is 0.125. The van der Waals surface area contributed by atoms with Gasteiger partial charge in [0, 0.05) is 5.56 Å². The minimum absolute atomic E-state index is 0.220. The molecule has 1 nitrogen and oxygen atoms in total. The van der Waals surface area contributed by atoms with Crippen molar-refractivity contribution in [2.24, 2.45) is 0 Å². The number of carbonyl (C=O) groups is 1. The summed E-state index contributed by atoms with van der Waals surface area (Å²) < 4.78 is 12.5. The number of benzene rings is 1. The van der Waals surface area contributed by atoms with Gasteiger partial charge in [-0.05, 0) is 19.1 Å². The highest BCUT2D eigenvalue weighted by molar-refractivity contribution is 6.36.